The third-order valence-electron chi connectivity index (χ3n) is 1.74. The van der Waals surface area contributed by atoms with Gasteiger partial charge in [0.05, 0.1) is 6.61 Å². The largest absolute Gasteiger partial charge is 0.465 e. The van der Waals surface area contributed by atoms with E-state index in [0.29, 0.717) is 17.8 Å². The Hall–Kier alpha value is -1.58. The Balaban J connectivity index is 2.81. The lowest BCUT2D eigenvalue weighted by Crippen LogP contribution is -2.16. The Morgan fingerprint density at radius 2 is 2.36 bits per heavy atom. The molecule has 4 heteroatoms. The minimum Gasteiger partial charge on any atom is -0.465 e. The van der Waals surface area contributed by atoms with Crippen LogP contribution in [0, 0.1) is 6.92 Å². The zero-order chi connectivity index (χ0) is 10.6. The molecule has 1 unspecified atom stereocenters. The van der Waals surface area contributed by atoms with Crippen molar-refractivity contribution >= 4 is 12.3 Å². The van der Waals surface area contributed by atoms with Gasteiger partial charge in [-0.05, 0) is 26.0 Å². The molecule has 4 nitrogen and oxygen atoms in total. The van der Waals surface area contributed by atoms with Gasteiger partial charge in [-0.2, -0.15) is 0 Å². The maximum Gasteiger partial charge on any atom is 0.323 e. The first-order valence-corrected chi connectivity index (χ1v) is 4.37. The van der Waals surface area contributed by atoms with Crippen molar-refractivity contribution in [2.45, 2.75) is 19.8 Å². The van der Waals surface area contributed by atoms with Gasteiger partial charge in [-0.15, -0.1) is 0 Å². The van der Waals surface area contributed by atoms with Crippen molar-refractivity contribution < 1.29 is 18.7 Å². The van der Waals surface area contributed by atoms with E-state index in [1.165, 1.54) is 0 Å². The molecule has 0 radical (unpaired) electrons. The standard InChI is InChI=1S/C10H12O4/c1-3-13-10(12)8(6-11)9-5-4-7(2)14-9/h4-6,8H,3H2,1-2H3. The predicted molar refractivity (Wildman–Crippen MR) is 48.9 cm³/mol. The second-order valence-electron chi connectivity index (χ2n) is 2.81. The van der Waals surface area contributed by atoms with Crippen molar-refractivity contribution in [1.82, 2.24) is 0 Å². The summed E-state index contributed by atoms with van der Waals surface area (Å²) in [6.07, 6.45) is 0.524. The van der Waals surface area contributed by atoms with Crippen molar-refractivity contribution in [3.8, 4) is 0 Å². The first-order chi connectivity index (χ1) is 6.69. The molecule has 1 atom stereocenters. The topological polar surface area (TPSA) is 56.5 Å². The van der Waals surface area contributed by atoms with Crippen LogP contribution in [0.1, 0.15) is 24.4 Å². The highest BCUT2D eigenvalue weighted by atomic mass is 16.5. The Bertz CT molecular complexity index is 327. The van der Waals surface area contributed by atoms with Gasteiger partial charge < -0.3 is 13.9 Å². The van der Waals surface area contributed by atoms with Crippen LogP contribution in [0.25, 0.3) is 0 Å². The van der Waals surface area contributed by atoms with Crippen LogP contribution in [0.3, 0.4) is 0 Å². The Kier molecular flexibility index (Phi) is 3.45. The van der Waals surface area contributed by atoms with Gasteiger partial charge in [-0.3, -0.25) is 4.79 Å². The number of aldehydes is 1. The maximum atomic E-state index is 11.3. The van der Waals surface area contributed by atoms with Crippen LogP contribution in [0.2, 0.25) is 0 Å². The number of hydrogen-bond donors (Lipinski definition) is 0. The van der Waals surface area contributed by atoms with E-state index in [1.807, 2.05) is 0 Å². The van der Waals surface area contributed by atoms with Crippen LogP contribution in [0.4, 0.5) is 0 Å². The second-order valence-corrected chi connectivity index (χ2v) is 2.81. The molecule has 0 aliphatic rings. The van der Waals surface area contributed by atoms with Gasteiger partial charge in [0.15, 0.2) is 5.92 Å². The first kappa shape index (κ1) is 10.5. The zero-order valence-electron chi connectivity index (χ0n) is 8.15. The third kappa shape index (κ3) is 2.22. The average molecular weight is 196 g/mol. The SMILES string of the molecule is CCOC(=O)C(C=O)c1ccc(C)o1. The van der Waals surface area contributed by atoms with Crippen molar-refractivity contribution in [3.05, 3.63) is 23.7 Å². The van der Waals surface area contributed by atoms with E-state index in [0.717, 1.165) is 0 Å². The van der Waals surface area contributed by atoms with E-state index in [9.17, 15) is 9.59 Å². The monoisotopic (exact) mass is 196 g/mol. The van der Waals surface area contributed by atoms with E-state index in [2.05, 4.69) is 0 Å². The van der Waals surface area contributed by atoms with Crippen LogP contribution in [0.15, 0.2) is 16.5 Å². The van der Waals surface area contributed by atoms with Gasteiger partial charge in [0, 0.05) is 0 Å². The minimum atomic E-state index is -0.941. The highest BCUT2D eigenvalue weighted by Gasteiger charge is 2.24. The lowest BCUT2D eigenvalue weighted by atomic mass is 10.1. The van der Waals surface area contributed by atoms with E-state index in [1.54, 1.807) is 26.0 Å². The summed E-state index contributed by atoms with van der Waals surface area (Å²) in [5, 5.41) is 0. The summed E-state index contributed by atoms with van der Waals surface area (Å²) in [6, 6.07) is 3.30. The maximum absolute atomic E-state index is 11.3. The number of rotatable bonds is 4. The first-order valence-electron chi connectivity index (χ1n) is 4.37. The molecule has 0 N–H and O–H groups in total. The molecule has 0 aliphatic heterocycles. The molecule has 0 saturated carbocycles. The predicted octanol–water partition coefficient (Wildman–Crippen LogP) is 1.43. The molecule has 0 aromatic carbocycles. The fourth-order valence-corrected chi connectivity index (χ4v) is 1.09. The molecule has 1 aromatic rings. The summed E-state index contributed by atoms with van der Waals surface area (Å²) in [5.74, 6) is -0.521. The molecule has 76 valence electrons. The molecule has 0 aliphatic carbocycles. The zero-order valence-corrected chi connectivity index (χ0v) is 8.15. The van der Waals surface area contributed by atoms with Crippen LogP contribution in [-0.4, -0.2) is 18.9 Å². The van der Waals surface area contributed by atoms with E-state index in [-0.39, 0.29) is 6.61 Å². The van der Waals surface area contributed by atoms with Gasteiger partial charge in [0.25, 0.3) is 0 Å². The van der Waals surface area contributed by atoms with Crippen molar-refractivity contribution in [2.75, 3.05) is 6.61 Å². The fraction of sp³-hybridized carbons (Fsp3) is 0.400. The molecular formula is C10H12O4. The number of hydrogen-bond acceptors (Lipinski definition) is 4. The smallest absolute Gasteiger partial charge is 0.323 e. The number of carbonyl (C=O) groups is 2. The molecule has 0 saturated heterocycles. The van der Waals surface area contributed by atoms with Gasteiger partial charge >= 0.3 is 5.97 Å². The molecule has 0 spiro atoms. The molecular weight excluding hydrogens is 184 g/mol. The van der Waals surface area contributed by atoms with Gasteiger partial charge in [0.1, 0.15) is 17.8 Å². The number of aryl methyl sites for hydroxylation is 1. The number of furan rings is 1. The van der Waals surface area contributed by atoms with Crippen molar-refractivity contribution in [2.24, 2.45) is 0 Å². The van der Waals surface area contributed by atoms with Crippen molar-refractivity contribution in [3.63, 3.8) is 0 Å². The van der Waals surface area contributed by atoms with Crippen LogP contribution >= 0.6 is 0 Å². The Morgan fingerprint density at radius 1 is 1.64 bits per heavy atom. The number of carbonyl (C=O) groups excluding carboxylic acids is 2. The molecule has 14 heavy (non-hydrogen) atoms. The number of esters is 1. The summed E-state index contributed by atoms with van der Waals surface area (Å²) in [6.45, 7) is 3.69. The minimum absolute atomic E-state index is 0.253. The summed E-state index contributed by atoms with van der Waals surface area (Å²) in [4.78, 5) is 21.9. The molecule has 1 rings (SSSR count). The Labute approximate surface area is 81.9 Å². The summed E-state index contributed by atoms with van der Waals surface area (Å²) in [5.41, 5.74) is 0. The quantitative estimate of drug-likeness (QED) is 0.415. The lowest BCUT2D eigenvalue weighted by Gasteiger charge is -2.05. The lowest BCUT2D eigenvalue weighted by molar-refractivity contribution is -0.146. The van der Waals surface area contributed by atoms with Crippen LogP contribution < -0.4 is 0 Å². The van der Waals surface area contributed by atoms with Gasteiger partial charge in [-0.25, -0.2) is 0 Å². The fourth-order valence-electron chi connectivity index (χ4n) is 1.09. The van der Waals surface area contributed by atoms with Gasteiger partial charge in [-0.1, -0.05) is 0 Å². The normalized spacial score (nSPS) is 12.1. The molecule has 0 bridgehead atoms. The van der Waals surface area contributed by atoms with E-state index in [4.69, 9.17) is 9.15 Å². The molecule has 0 fully saturated rings. The van der Waals surface area contributed by atoms with E-state index < -0.39 is 11.9 Å². The summed E-state index contributed by atoms with van der Waals surface area (Å²) < 4.78 is 9.90. The molecule has 0 amide bonds. The highest BCUT2D eigenvalue weighted by Crippen LogP contribution is 2.17. The summed E-state index contributed by atoms with van der Waals surface area (Å²) >= 11 is 0. The number of ether oxygens (including phenoxy) is 1. The molecule has 1 aromatic heterocycles. The summed E-state index contributed by atoms with van der Waals surface area (Å²) in [7, 11) is 0. The third-order valence-corrected chi connectivity index (χ3v) is 1.74. The highest BCUT2D eigenvalue weighted by molar-refractivity contribution is 5.93. The van der Waals surface area contributed by atoms with Crippen LogP contribution in [0.5, 0.6) is 0 Å². The molecule has 1 heterocycles. The Morgan fingerprint density at radius 3 is 2.79 bits per heavy atom. The second kappa shape index (κ2) is 4.60. The van der Waals surface area contributed by atoms with Crippen molar-refractivity contribution in [1.29, 1.82) is 0 Å². The van der Waals surface area contributed by atoms with E-state index >= 15 is 0 Å². The van der Waals surface area contributed by atoms with Crippen LogP contribution in [-0.2, 0) is 14.3 Å². The average Bonchev–Trinajstić information content (AvgIpc) is 2.54. The van der Waals surface area contributed by atoms with Gasteiger partial charge in [0.2, 0.25) is 0 Å².